The van der Waals surface area contributed by atoms with Gasteiger partial charge in [-0.2, -0.15) is 5.26 Å². The van der Waals surface area contributed by atoms with Crippen LogP contribution < -0.4 is 4.74 Å². The lowest BCUT2D eigenvalue weighted by atomic mass is 10.1. The quantitative estimate of drug-likeness (QED) is 0.709. The first kappa shape index (κ1) is 16.3. The molecule has 7 nitrogen and oxygen atoms in total. The minimum absolute atomic E-state index is 0.0419. The number of carbonyl (C=O) groups is 1. The Kier molecular flexibility index (Phi) is 4.14. The normalized spacial score (nSPS) is 13.9. The van der Waals surface area contributed by atoms with E-state index in [0.717, 1.165) is 10.8 Å². The Labute approximate surface area is 154 Å². The van der Waals surface area contributed by atoms with E-state index in [1.165, 1.54) is 11.3 Å². The van der Waals surface area contributed by atoms with Crippen molar-refractivity contribution in [1.29, 1.82) is 5.26 Å². The topological polar surface area (TPSA) is 84.0 Å². The number of nitrogens with zero attached hydrogens (tertiary/aromatic N) is 5. The molecule has 0 aromatic carbocycles. The van der Waals surface area contributed by atoms with Gasteiger partial charge < -0.3 is 14.2 Å². The van der Waals surface area contributed by atoms with Crippen molar-refractivity contribution in [2.75, 3.05) is 13.1 Å². The molecular weight excluding hydrogens is 350 g/mol. The van der Waals surface area contributed by atoms with Crippen molar-refractivity contribution in [3.05, 3.63) is 59.0 Å². The van der Waals surface area contributed by atoms with Crippen LogP contribution in [-0.4, -0.2) is 44.5 Å². The Balaban J connectivity index is 1.42. The predicted molar refractivity (Wildman–Crippen MR) is 95.4 cm³/mol. The zero-order valence-corrected chi connectivity index (χ0v) is 14.8. The highest BCUT2D eigenvalue weighted by Crippen LogP contribution is 2.26. The molecule has 3 aromatic heterocycles. The van der Waals surface area contributed by atoms with Crippen LogP contribution in [0.25, 0.3) is 5.13 Å². The van der Waals surface area contributed by atoms with E-state index in [0.29, 0.717) is 29.4 Å². The third-order valence-electron chi connectivity index (χ3n) is 4.11. The highest BCUT2D eigenvalue weighted by molar-refractivity contribution is 7.16. The zero-order chi connectivity index (χ0) is 18.1. The molecule has 3 aromatic rings. The number of carbonyl (C=O) groups excluding carboxylic acids is 1. The largest absolute Gasteiger partial charge is 0.470 e. The number of pyridine rings is 1. The molecule has 4 heterocycles. The lowest BCUT2D eigenvalue weighted by Crippen LogP contribution is -2.56. The molecule has 1 aliphatic rings. The van der Waals surface area contributed by atoms with Crippen LogP contribution in [0.5, 0.6) is 5.88 Å². The van der Waals surface area contributed by atoms with Crippen molar-refractivity contribution in [2.45, 2.75) is 13.0 Å². The molecule has 1 aliphatic heterocycles. The van der Waals surface area contributed by atoms with Gasteiger partial charge in [0.05, 0.1) is 18.8 Å². The Morgan fingerprint density at radius 1 is 1.35 bits per heavy atom. The fourth-order valence-electron chi connectivity index (χ4n) is 2.70. The summed E-state index contributed by atoms with van der Waals surface area (Å²) in [7, 11) is 0. The van der Waals surface area contributed by atoms with Gasteiger partial charge in [-0.1, -0.05) is 11.3 Å². The van der Waals surface area contributed by atoms with Crippen molar-refractivity contribution >= 4 is 17.2 Å². The minimum atomic E-state index is -0.155. The summed E-state index contributed by atoms with van der Waals surface area (Å²) in [5.74, 6) is 0.274. The van der Waals surface area contributed by atoms with Gasteiger partial charge in [-0.3, -0.25) is 4.79 Å². The number of aromatic nitrogens is 3. The van der Waals surface area contributed by atoms with Crippen molar-refractivity contribution in [3.63, 3.8) is 0 Å². The highest BCUT2D eigenvalue weighted by atomic mass is 32.1. The molecule has 8 heteroatoms. The molecule has 0 N–H and O–H groups in total. The van der Waals surface area contributed by atoms with Gasteiger partial charge in [0.1, 0.15) is 22.6 Å². The summed E-state index contributed by atoms with van der Waals surface area (Å²) in [6, 6.07) is 9.25. The van der Waals surface area contributed by atoms with Crippen LogP contribution in [-0.2, 0) is 0 Å². The van der Waals surface area contributed by atoms with E-state index in [1.54, 1.807) is 23.2 Å². The zero-order valence-electron chi connectivity index (χ0n) is 14.0. The lowest BCUT2D eigenvalue weighted by molar-refractivity contribution is 0.0162. The number of thiazole rings is 1. The van der Waals surface area contributed by atoms with Crippen LogP contribution >= 0.6 is 11.3 Å². The number of rotatable bonds is 4. The molecule has 1 amide bonds. The van der Waals surface area contributed by atoms with Crippen molar-refractivity contribution in [2.24, 2.45) is 0 Å². The van der Waals surface area contributed by atoms with Crippen LogP contribution in [0.1, 0.15) is 20.9 Å². The van der Waals surface area contributed by atoms with E-state index in [-0.39, 0.29) is 12.0 Å². The molecule has 26 heavy (non-hydrogen) atoms. The smallest absolute Gasteiger partial charge is 0.266 e. The van der Waals surface area contributed by atoms with Crippen LogP contribution in [0.3, 0.4) is 0 Å². The molecule has 0 spiro atoms. The number of hydrogen-bond acceptors (Lipinski definition) is 6. The molecule has 0 saturated carbocycles. The van der Waals surface area contributed by atoms with Gasteiger partial charge in [0.2, 0.25) is 5.88 Å². The number of amides is 1. The molecule has 130 valence electrons. The first-order valence-electron chi connectivity index (χ1n) is 8.07. The molecule has 0 aliphatic carbocycles. The van der Waals surface area contributed by atoms with Gasteiger partial charge >= 0.3 is 0 Å². The van der Waals surface area contributed by atoms with Gasteiger partial charge in [0.15, 0.2) is 5.13 Å². The summed E-state index contributed by atoms with van der Waals surface area (Å²) in [6.07, 6.45) is 5.23. The van der Waals surface area contributed by atoms with E-state index in [9.17, 15) is 4.79 Å². The monoisotopic (exact) mass is 365 g/mol. The van der Waals surface area contributed by atoms with Gasteiger partial charge in [0.25, 0.3) is 5.91 Å². The van der Waals surface area contributed by atoms with Crippen molar-refractivity contribution < 1.29 is 9.53 Å². The van der Waals surface area contributed by atoms with E-state index in [1.807, 2.05) is 36.0 Å². The molecule has 4 rings (SSSR count). The summed E-state index contributed by atoms with van der Waals surface area (Å²) in [4.78, 5) is 23.6. The molecule has 0 unspecified atom stereocenters. The van der Waals surface area contributed by atoms with Crippen LogP contribution in [0.4, 0.5) is 0 Å². The summed E-state index contributed by atoms with van der Waals surface area (Å²) in [5.41, 5.74) is 1.12. The maximum Gasteiger partial charge on any atom is 0.266 e. The number of nitriles is 1. The minimum Gasteiger partial charge on any atom is -0.470 e. The van der Waals surface area contributed by atoms with E-state index in [2.05, 4.69) is 16.0 Å². The molecule has 1 fully saturated rings. The van der Waals surface area contributed by atoms with Crippen LogP contribution in [0.15, 0.2) is 42.9 Å². The second-order valence-corrected chi connectivity index (χ2v) is 6.90. The van der Waals surface area contributed by atoms with Crippen LogP contribution in [0, 0.1) is 18.3 Å². The Bertz CT molecular complexity index is 983. The van der Waals surface area contributed by atoms with Crippen molar-refractivity contribution in [1.82, 2.24) is 19.4 Å². The van der Waals surface area contributed by atoms with Gasteiger partial charge in [0, 0.05) is 18.6 Å². The fourth-order valence-corrected chi connectivity index (χ4v) is 3.70. The molecule has 0 radical (unpaired) electrons. The Morgan fingerprint density at radius 2 is 2.12 bits per heavy atom. The average Bonchev–Trinajstić information content (AvgIpc) is 3.27. The van der Waals surface area contributed by atoms with E-state index in [4.69, 9.17) is 10.00 Å². The SMILES string of the molecule is Cc1nc(-n2cccc2)sc1C(=O)N1CC(Oc2ncccc2C#N)C1. The van der Waals surface area contributed by atoms with Crippen LogP contribution in [0.2, 0.25) is 0 Å². The second-order valence-electron chi connectivity index (χ2n) is 5.92. The first-order chi connectivity index (χ1) is 12.7. The maximum atomic E-state index is 12.7. The van der Waals surface area contributed by atoms with Gasteiger partial charge in [-0.05, 0) is 31.2 Å². The number of likely N-dealkylation sites (tertiary alicyclic amines) is 1. The highest BCUT2D eigenvalue weighted by Gasteiger charge is 2.35. The molecular formula is C18H15N5O2S. The predicted octanol–water partition coefficient (Wildman–Crippen LogP) is 2.41. The Hall–Kier alpha value is -3.18. The third-order valence-corrected chi connectivity index (χ3v) is 5.27. The Morgan fingerprint density at radius 3 is 2.85 bits per heavy atom. The lowest BCUT2D eigenvalue weighted by Gasteiger charge is -2.38. The summed E-state index contributed by atoms with van der Waals surface area (Å²) in [5, 5.41) is 9.85. The number of aryl methyl sites for hydroxylation is 1. The maximum absolute atomic E-state index is 12.7. The fraction of sp³-hybridized carbons (Fsp3) is 0.222. The molecule has 0 atom stereocenters. The van der Waals surface area contributed by atoms with Gasteiger partial charge in [-0.25, -0.2) is 9.97 Å². The van der Waals surface area contributed by atoms with Crippen molar-refractivity contribution in [3.8, 4) is 17.1 Å². The third kappa shape index (κ3) is 2.93. The molecule has 0 bridgehead atoms. The summed E-state index contributed by atoms with van der Waals surface area (Å²) < 4.78 is 7.63. The number of hydrogen-bond donors (Lipinski definition) is 0. The molecule has 1 saturated heterocycles. The van der Waals surface area contributed by atoms with E-state index < -0.39 is 0 Å². The summed E-state index contributed by atoms with van der Waals surface area (Å²) >= 11 is 1.38. The first-order valence-corrected chi connectivity index (χ1v) is 8.89. The average molecular weight is 365 g/mol. The van der Waals surface area contributed by atoms with E-state index >= 15 is 0 Å². The summed E-state index contributed by atoms with van der Waals surface area (Å²) in [6.45, 7) is 2.78. The standard InChI is InChI=1S/C18H15N5O2S/c1-12-15(26-18(21-12)22-7-2-3-8-22)17(24)23-10-14(11-23)25-16-13(9-19)5-4-6-20-16/h2-8,14H,10-11H2,1H3. The van der Waals surface area contributed by atoms with Gasteiger partial charge in [-0.15, -0.1) is 0 Å². The second kappa shape index (κ2) is 6.61. The number of ether oxygens (including phenoxy) is 1.